The second kappa shape index (κ2) is 12.4. The van der Waals surface area contributed by atoms with Gasteiger partial charge in [-0.25, -0.2) is 0 Å². The number of H-pyrrole nitrogens is 1. The van der Waals surface area contributed by atoms with Crippen LogP contribution in [0.5, 0.6) is 0 Å². The molecule has 6 atom stereocenters. The first kappa shape index (κ1) is 31.6. The van der Waals surface area contributed by atoms with Gasteiger partial charge in [0.2, 0.25) is 5.91 Å². The van der Waals surface area contributed by atoms with Crippen molar-refractivity contribution in [2.24, 2.45) is 11.8 Å². The zero-order valence-electron chi connectivity index (χ0n) is 26.0. The van der Waals surface area contributed by atoms with Crippen LogP contribution < -0.4 is 16.0 Å². The summed E-state index contributed by atoms with van der Waals surface area (Å²) in [5, 5.41) is 29.7. The van der Waals surface area contributed by atoms with Gasteiger partial charge in [-0.2, -0.15) is 0 Å². The molecule has 1 aromatic heterocycles. The standard InChI is InChI=1S/C33H40N4O6S2/c1-14-18(5-7-28(38)39)23(34-20(14)9-22-16(3)31(27-13-45-27)33(43)36-22)11-24-19(6-8-29(40)41)15(2)21(35-24)10-25-30(26-12-44-26)17(4)32(42)37-25/h10-11,17,20,22,26-27,30,34-35H,5-9,12-13H2,1-4H3,(H,36,43)(H,37,42)(H,38,39)(H,40,41)/p+2/b23-11-,25-10-/t17-,20?,22-,26+,27-,30-/m1/s1. The van der Waals surface area contributed by atoms with Crippen LogP contribution in [0.1, 0.15) is 69.0 Å². The van der Waals surface area contributed by atoms with Crippen LogP contribution in [0.4, 0.5) is 0 Å². The largest absolute Gasteiger partial charge is 0.481 e. The summed E-state index contributed by atoms with van der Waals surface area (Å²) in [6.45, 7) is 8.00. The Labute approximate surface area is 271 Å². The second-order valence-electron chi connectivity index (χ2n) is 12.8. The normalized spacial score (nSPS) is 30.8. The number of aliphatic carboxylic acids is 2. The summed E-state index contributed by atoms with van der Waals surface area (Å²) in [5.41, 5.74) is 9.11. The zero-order valence-corrected chi connectivity index (χ0v) is 27.8. The molecule has 0 spiro atoms. The number of carbonyl (C=O) groups excluding carboxylic acids is 2. The molecule has 3 saturated heterocycles. The van der Waals surface area contributed by atoms with Crippen molar-refractivity contribution in [3.05, 3.63) is 56.2 Å². The minimum atomic E-state index is -0.886. The first-order chi connectivity index (χ1) is 21.4. The van der Waals surface area contributed by atoms with E-state index in [9.17, 15) is 29.4 Å². The Morgan fingerprint density at radius 1 is 0.911 bits per heavy atom. The van der Waals surface area contributed by atoms with E-state index in [1.807, 2.05) is 39.8 Å². The molecule has 1 unspecified atom stereocenters. The molecule has 0 aliphatic carbocycles. The highest BCUT2D eigenvalue weighted by Gasteiger charge is 2.52. The second-order valence-corrected chi connectivity index (χ2v) is 15.6. The molecule has 3 fully saturated rings. The summed E-state index contributed by atoms with van der Waals surface area (Å²) in [6, 6.07) is -0.180. The molecular weight excluding hydrogens is 613 g/mol. The average Bonchev–Trinajstić information content (AvgIpc) is 3.89. The lowest BCUT2D eigenvalue weighted by atomic mass is 9.91. The fourth-order valence-electron chi connectivity index (χ4n) is 7.10. The molecule has 0 saturated carbocycles. The van der Waals surface area contributed by atoms with Crippen LogP contribution in [0, 0.1) is 18.8 Å². The van der Waals surface area contributed by atoms with Gasteiger partial charge in [-0.1, -0.05) is 6.92 Å². The first-order valence-electron chi connectivity index (χ1n) is 15.6. The number of carboxylic acid groups (broad SMARTS) is 2. The summed E-state index contributed by atoms with van der Waals surface area (Å²) in [5.74, 6) is 0.466. The van der Waals surface area contributed by atoms with Crippen molar-refractivity contribution in [3.8, 4) is 0 Å². The van der Waals surface area contributed by atoms with E-state index in [0.717, 1.165) is 67.7 Å². The topological polar surface area (TPSA) is 161 Å². The van der Waals surface area contributed by atoms with Gasteiger partial charge in [0, 0.05) is 47.6 Å². The van der Waals surface area contributed by atoms with Gasteiger partial charge in [0.05, 0.1) is 17.5 Å². The van der Waals surface area contributed by atoms with E-state index in [2.05, 4.69) is 20.9 Å². The summed E-state index contributed by atoms with van der Waals surface area (Å²) >= 11 is 2.66. The molecule has 0 radical (unpaired) electrons. The smallest absolute Gasteiger partial charge is 0.303 e. The highest BCUT2D eigenvalue weighted by atomic mass is 32.2. The summed E-state index contributed by atoms with van der Waals surface area (Å²) in [7, 11) is 0. The van der Waals surface area contributed by atoms with Crippen LogP contribution in [-0.4, -0.2) is 73.0 Å². The van der Waals surface area contributed by atoms with E-state index in [1.165, 1.54) is 23.5 Å². The van der Waals surface area contributed by atoms with Gasteiger partial charge in [0.25, 0.3) is 5.91 Å². The minimum absolute atomic E-state index is 0.0187. The Morgan fingerprint density at radius 2 is 1.58 bits per heavy atom. The third kappa shape index (κ3) is 6.49. The van der Waals surface area contributed by atoms with Crippen LogP contribution >= 0.6 is 0 Å². The van der Waals surface area contributed by atoms with E-state index < -0.39 is 11.9 Å². The molecule has 10 nitrogen and oxygen atoms in total. The van der Waals surface area contributed by atoms with E-state index in [-0.39, 0.29) is 48.6 Å². The zero-order chi connectivity index (χ0) is 32.2. The van der Waals surface area contributed by atoms with Crippen LogP contribution in [-0.2, 0) is 49.1 Å². The number of thiol groups is 2. The number of carbonyl (C=O) groups is 4. The van der Waals surface area contributed by atoms with Crippen LogP contribution in [0.2, 0.25) is 0 Å². The van der Waals surface area contributed by atoms with Gasteiger partial charge < -0.3 is 31.1 Å². The third-order valence-electron chi connectivity index (χ3n) is 9.93. The number of nitrogens with one attached hydrogen (secondary N) is 4. The van der Waals surface area contributed by atoms with E-state index in [0.29, 0.717) is 29.8 Å². The Kier molecular flexibility index (Phi) is 8.73. The maximum absolute atomic E-state index is 12.7. The number of hydrogen-bond donors (Lipinski definition) is 6. The van der Waals surface area contributed by atoms with Crippen molar-refractivity contribution < 1.29 is 29.4 Å². The SMILES string of the molecule is CC1=C(CCC(=O)O)/C(=C/c2[nH]c(/C=C3\NC(=O)[C@H](C)[C@H]3[C@@H]3C[SH+]3)c(C)c2CCC(=O)O)NC1C[C@H]1NC(=O)C([C@H]2C[SH+]2)=C1C. The lowest BCUT2D eigenvalue weighted by Crippen LogP contribution is -2.36. The number of aromatic amines is 1. The fourth-order valence-corrected chi connectivity index (χ4v) is 8.89. The van der Waals surface area contributed by atoms with Crippen molar-refractivity contribution in [1.82, 2.24) is 20.9 Å². The maximum atomic E-state index is 12.7. The number of allylic oxidation sites excluding steroid dienone is 2. The molecule has 6 rings (SSSR count). The van der Waals surface area contributed by atoms with Crippen molar-refractivity contribution in [2.45, 2.75) is 82.4 Å². The Morgan fingerprint density at radius 3 is 2.22 bits per heavy atom. The summed E-state index contributed by atoms with van der Waals surface area (Å²) in [6.07, 6.45) is 5.26. The highest BCUT2D eigenvalue weighted by molar-refractivity contribution is 7.87. The molecule has 5 aliphatic rings. The quantitative estimate of drug-likeness (QED) is 0.114. The van der Waals surface area contributed by atoms with Crippen LogP contribution in [0.25, 0.3) is 12.2 Å². The van der Waals surface area contributed by atoms with Crippen LogP contribution in [0.3, 0.4) is 0 Å². The van der Waals surface area contributed by atoms with Crippen LogP contribution in [0.15, 0.2) is 33.7 Å². The summed E-state index contributed by atoms with van der Waals surface area (Å²) in [4.78, 5) is 52.0. The van der Waals surface area contributed by atoms with E-state index in [4.69, 9.17) is 0 Å². The molecule has 6 N–H and O–H groups in total. The lowest BCUT2D eigenvalue weighted by molar-refractivity contribution is -0.138. The molecule has 1 aromatic rings. The predicted octanol–water partition coefficient (Wildman–Crippen LogP) is 2.16. The lowest BCUT2D eigenvalue weighted by Gasteiger charge is -2.20. The monoisotopic (exact) mass is 654 g/mol. The highest BCUT2D eigenvalue weighted by Crippen LogP contribution is 2.39. The van der Waals surface area contributed by atoms with Gasteiger partial charge in [0.15, 0.2) is 22.0 Å². The van der Waals surface area contributed by atoms with Crippen molar-refractivity contribution in [1.29, 1.82) is 0 Å². The van der Waals surface area contributed by atoms with Crippen molar-refractivity contribution in [2.75, 3.05) is 11.5 Å². The number of aromatic nitrogens is 1. The van der Waals surface area contributed by atoms with Gasteiger partial charge in [-0.15, -0.1) is 0 Å². The first-order valence-corrected chi connectivity index (χ1v) is 17.9. The van der Waals surface area contributed by atoms with Gasteiger partial charge in [-0.05, 0) is 104 Å². The molecule has 5 aliphatic heterocycles. The summed E-state index contributed by atoms with van der Waals surface area (Å²) < 4.78 is 0. The average molecular weight is 655 g/mol. The molecule has 2 amide bonds. The number of hydrogen-bond acceptors (Lipinski definition) is 5. The Hall–Kier alpha value is -3.38. The molecule has 0 aromatic carbocycles. The fraction of sp³-hybridized carbons (Fsp3) is 0.515. The predicted molar refractivity (Wildman–Crippen MR) is 179 cm³/mol. The van der Waals surface area contributed by atoms with Crippen molar-refractivity contribution >= 4 is 59.4 Å². The maximum Gasteiger partial charge on any atom is 0.303 e. The molecule has 240 valence electrons. The third-order valence-corrected chi connectivity index (χ3v) is 12.0. The number of rotatable bonds is 12. The van der Waals surface area contributed by atoms with Gasteiger partial charge in [0.1, 0.15) is 0 Å². The molecule has 6 heterocycles. The molecule has 0 bridgehead atoms. The molecular formula is C33H42N4O6S2+2. The Balaban J connectivity index is 1.33. The van der Waals surface area contributed by atoms with Gasteiger partial charge in [-0.3, -0.25) is 19.2 Å². The van der Waals surface area contributed by atoms with Gasteiger partial charge >= 0.3 is 11.9 Å². The van der Waals surface area contributed by atoms with Crippen molar-refractivity contribution in [3.63, 3.8) is 0 Å². The number of carboxylic acids is 2. The number of amides is 2. The minimum Gasteiger partial charge on any atom is -0.481 e. The molecule has 45 heavy (non-hydrogen) atoms. The van der Waals surface area contributed by atoms with E-state index in [1.54, 1.807) is 0 Å². The Bertz CT molecular complexity index is 1600. The van der Waals surface area contributed by atoms with E-state index >= 15 is 0 Å². The molecule has 12 heteroatoms.